The summed E-state index contributed by atoms with van der Waals surface area (Å²) in [6.45, 7) is 7.18. The van der Waals surface area contributed by atoms with Crippen molar-refractivity contribution in [2.75, 3.05) is 13.6 Å². The molecule has 0 unspecified atom stereocenters. The average molecular weight is 571 g/mol. The van der Waals surface area contributed by atoms with Gasteiger partial charge in [-0.15, -0.1) is 0 Å². The van der Waals surface area contributed by atoms with Gasteiger partial charge in [-0.2, -0.15) is 0 Å². The Morgan fingerprint density at radius 2 is 1.81 bits per heavy atom. The highest BCUT2D eigenvalue weighted by Gasteiger charge is 2.25. The summed E-state index contributed by atoms with van der Waals surface area (Å²) in [5.41, 5.74) is 3.03. The second kappa shape index (κ2) is 9.42. The molecule has 8 nitrogen and oxygen atoms in total. The number of fused-ring (bicyclic) bond motifs is 1. The fourth-order valence-corrected chi connectivity index (χ4v) is 5.68. The summed E-state index contributed by atoms with van der Waals surface area (Å²) in [6, 6.07) is 11.9. The number of hydrogen-bond acceptors (Lipinski definition) is 6. The van der Waals surface area contributed by atoms with E-state index in [4.69, 9.17) is 0 Å². The third-order valence-electron chi connectivity index (χ3n) is 5.75. The summed E-state index contributed by atoms with van der Waals surface area (Å²) in [6.07, 6.45) is 2.97. The van der Waals surface area contributed by atoms with Crippen molar-refractivity contribution < 1.29 is 18.3 Å². The number of rotatable bonds is 6. The van der Waals surface area contributed by atoms with Crippen LogP contribution in [0.2, 0.25) is 0 Å². The van der Waals surface area contributed by atoms with Crippen LogP contribution in [0.5, 0.6) is 0 Å². The Labute approximate surface area is 218 Å². The van der Waals surface area contributed by atoms with Crippen LogP contribution in [0.1, 0.15) is 35.3 Å². The number of aliphatic hydroxyl groups is 1. The summed E-state index contributed by atoms with van der Waals surface area (Å²) in [5, 5.41) is 10.1. The van der Waals surface area contributed by atoms with E-state index in [0.717, 1.165) is 9.54 Å². The van der Waals surface area contributed by atoms with Crippen LogP contribution in [-0.4, -0.2) is 57.5 Å². The van der Waals surface area contributed by atoms with E-state index in [2.05, 4.69) is 25.9 Å². The maximum Gasteiger partial charge on any atom is 0.269 e. The predicted molar refractivity (Wildman–Crippen MR) is 142 cm³/mol. The number of aryl methyl sites for hydroxylation is 2. The van der Waals surface area contributed by atoms with Gasteiger partial charge in [0.2, 0.25) is 0 Å². The molecule has 0 aliphatic carbocycles. The van der Waals surface area contributed by atoms with Gasteiger partial charge in [0.25, 0.3) is 15.9 Å². The molecule has 188 valence electrons. The normalized spacial score (nSPS) is 12.2. The Kier molecular flexibility index (Phi) is 6.80. The van der Waals surface area contributed by atoms with E-state index in [9.17, 15) is 18.3 Å². The summed E-state index contributed by atoms with van der Waals surface area (Å²) in [4.78, 5) is 23.5. The maximum atomic E-state index is 13.5. The van der Waals surface area contributed by atoms with Gasteiger partial charge in [0.15, 0.2) is 5.65 Å². The highest BCUT2D eigenvalue weighted by Crippen LogP contribution is 2.33. The molecule has 1 N–H and O–H groups in total. The maximum absolute atomic E-state index is 13.5. The monoisotopic (exact) mass is 570 g/mol. The Balaban J connectivity index is 1.82. The molecule has 0 saturated heterocycles. The number of aromatic nitrogens is 3. The zero-order chi connectivity index (χ0) is 26.4. The highest BCUT2D eigenvalue weighted by atomic mass is 79.9. The Bertz CT molecular complexity index is 1570. The zero-order valence-electron chi connectivity index (χ0n) is 20.7. The average Bonchev–Trinajstić information content (AvgIpc) is 3.17. The molecule has 2 aromatic heterocycles. The number of nitrogens with zero attached hydrogens (tertiary/aromatic N) is 4. The number of carbonyl (C=O) groups excluding carboxylic acids is 1. The molecule has 0 radical (unpaired) electrons. The van der Waals surface area contributed by atoms with E-state index in [0.29, 0.717) is 32.4 Å². The standard InChI is InChI=1S/C26H27BrN4O4S/c1-16-6-9-19(10-7-16)36(34,35)31-14-21(23-24(31)28-13-22(27)29-23)18-8-11-20(17(2)12-18)25(32)30(5)15-26(3,4)33/h6-14,33H,15H2,1-5H3. The van der Waals surface area contributed by atoms with Gasteiger partial charge in [0.1, 0.15) is 10.1 Å². The molecule has 0 spiro atoms. The van der Waals surface area contributed by atoms with Crippen LogP contribution in [0, 0.1) is 13.8 Å². The van der Waals surface area contributed by atoms with E-state index in [1.54, 1.807) is 57.3 Å². The van der Waals surface area contributed by atoms with E-state index >= 15 is 0 Å². The molecule has 0 fully saturated rings. The number of carbonyl (C=O) groups is 1. The minimum atomic E-state index is -3.93. The van der Waals surface area contributed by atoms with Crippen molar-refractivity contribution in [2.45, 2.75) is 38.2 Å². The van der Waals surface area contributed by atoms with Gasteiger partial charge in [-0.05, 0) is 73.0 Å². The number of amides is 1. The molecule has 0 aliphatic rings. The van der Waals surface area contributed by atoms with Gasteiger partial charge in [0, 0.05) is 30.9 Å². The fraction of sp³-hybridized carbons (Fsp3) is 0.269. The lowest BCUT2D eigenvalue weighted by Crippen LogP contribution is -2.39. The first-order chi connectivity index (χ1) is 16.8. The second-order valence-corrected chi connectivity index (χ2v) is 12.2. The van der Waals surface area contributed by atoms with Crippen molar-refractivity contribution in [1.29, 1.82) is 0 Å². The molecule has 2 heterocycles. The Hall–Kier alpha value is -3.08. The molecule has 4 rings (SSSR count). The van der Waals surface area contributed by atoms with E-state index in [-0.39, 0.29) is 23.0 Å². The first kappa shape index (κ1) is 26.0. The lowest BCUT2D eigenvalue weighted by Gasteiger charge is -2.26. The van der Waals surface area contributed by atoms with Crippen LogP contribution < -0.4 is 0 Å². The Morgan fingerprint density at radius 1 is 1.14 bits per heavy atom. The lowest BCUT2D eigenvalue weighted by molar-refractivity contribution is 0.0367. The lowest BCUT2D eigenvalue weighted by atomic mass is 10.00. The molecule has 0 aliphatic heterocycles. The van der Waals surface area contributed by atoms with Crippen molar-refractivity contribution in [3.05, 3.63) is 76.2 Å². The molecule has 0 bridgehead atoms. The van der Waals surface area contributed by atoms with E-state index in [1.807, 2.05) is 19.9 Å². The molecule has 0 saturated carbocycles. The van der Waals surface area contributed by atoms with Crippen LogP contribution in [0.3, 0.4) is 0 Å². The molecule has 36 heavy (non-hydrogen) atoms. The molecule has 0 atom stereocenters. The van der Waals surface area contributed by atoms with Crippen LogP contribution in [-0.2, 0) is 10.0 Å². The predicted octanol–water partition coefficient (Wildman–Crippen LogP) is 4.56. The van der Waals surface area contributed by atoms with Crippen molar-refractivity contribution in [2.24, 2.45) is 0 Å². The highest BCUT2D eigenvalue weighted by molar-refractivity contribution is 9.10. The summed E-state index contributed by atoms with van der Waals surface area (Å²) in [7, 11) is -2.29. The van der Waals surface area contributed by atoms with Crippen molar-refractivity contribution in [3.8, 4) is 11.1 Å². The SMILES string of the molecule is Cc1ccc(S(=O)(=O)n2cc(-c3ccc(C(=O)N(C)CC(C)(C)O)c(C)c3)c3nc(Br)cnc32)cc1. The third-order valence-corrected chi connectivity index (χ3v) is 7.80. The van der Waals surface area contributed by atoms with Gasteiger partial charge in [0.05, 0.1) is 16.7 Å². The zero-order valence-corrected chi connectivity index (χ0v) is 23.1. The second-order valence-electron chi connectivity index (χ2n) is 9.52. The van der Waals surface area contributed by atoms with Crippen LogP contribution in [0.15, 0.2) is 64.4 Å². The van der Waals surface area contributed by atoms with Crippen molar-refractivity contribution in [3.63, 3.8) is 0 Å². The Morgan fingerprint density at radius 3 is 2.42 bits per heavy atom. The number of halogens is 1. The topological polar surface area (TPSA) is 105 Å². The van der Waals surface area contributed by atoms with Gasteiger partial charge in [-0.1, -0.05) is 29.8 Å². The van der Waals surface area contributed by atoms with Crippen LogP contribution >= 0.6 is 15.9 Å². The first-order valence-electron chi connectivity index (χ1n) is 11.2. The minimum absolute atomic E-state index is 0.147. The van der Waals surface area contributed by atoms with Crippen molar-refractivity contribution >= 4 is 43.0 Å². The number of hydrogen-bond donors (Lipinski definition) is 1. The van der Waals surface area contributed by atoms with Crippen LogP contribution in [0.4, 0.5) is 0 Å². The van der Waals surface area contributed by atoms with Crippen molar-refractivity contribution in [1.82, 2.24) is 18.8 Å². The summed E-state index contributed by atoms with van der Waals surface area (Å²) < 4.78 is 28.6. The quantitative estimate of drug-likeness (QED) is 0.364. The largest absolute Gasteiger partial charge is 0.389 e. The molecule has 2 aromatic carbocycles. The molecule has 1 amide bonds. The van der Waals surface area contributed by atoms with Gasteiger partial charge < -0.3 is 10.0 Å². The number of likely N-dealkylation sites (N-methyl/N-ethyl adjacent to an activating group) is 1. The summed E-state index contributed by atoms with van der Waals surface area (Å²) >= 11 is 3.33. The van der Waals surface area contributed by atoms with Gasteiger partial charge in [-0.3, -0.25) is 4.79 Å². The minimum Gasteiger partial charge on any atom is -0.389 e. The fourth-order valence-electron chi connectivity index (χ4n) is 4.09. The van der Waals surface area contributed by atoms with Gasteiger partial charge >= 0.3 is 0 Å². The molecule has 10 heteroatoms. The summed E-state index contributed by atoms with van der Waals surface area (Å²) in [5.74, 6) is -0.215. The number of benzene rings is 2. The third kappa shape index (κ3) is 5.07. The van der Waals surface area contributed by atoms with E-state index < -0.39 is 15.6 Å². The molecular formula is C26H27BrN4O4S. The van der Waals surface area contributed by atoms with E-state index in [1.165, 1.54) is 17.3 Å². The smallest absolute Gasteiger partial charge is 0.269 e. The molecule has 4 aromatic rings. The van der Waals surface area contributed by atoms with Gasteiger partial charge in [-0.25, -0.2) is 22.4 Å². The first-order valence-corrected chi connectivity index (χ1v) is 13.5. The molecular weight excluding hydrogens is 544 g/mol. The van der Waals surface area contributed by atoms with Crippen LogP contribution in [0.25, 0.3) is 22.3 Å².